The van der Waals surface area contributed by atoms with Crippen LogP contribution < -0.4 is 16.0 Å². The molecule has 5 aromatic rings. The maximum absolute atomic E-state index is 12.4. The maximum Gasteiger partial charge on any atom is 0.363 e. The number of fused-ring (bicyclic) bond motifs is 2. The number of nitrogens with zero attached hydrogens (tertiary/aromatic N) is 10. The highest BCUT2D eigenvalue weighted by molar-refractivity contribution is 6.07. The van der Waals surface area contributed by atoms with Crippen molar-refractivity contribution in [1.82, 2.24) is 66.0 Å². The number of likely N-dealkylation sites (N-methyl/N-ethyl adjacent to an activating group) is 3. The molecule has 37 nitrogen and oxygen atoms in total. The number of carbonyl (C=O) groups is 18. The van der Waals surface area contributed by atoms with Crippen LogP contribution in [-0.2, 0) is 72.0 Å². The molecule has 0 spiro atoms. The molecule has 0 bridgehead atoms. The molecule has 0 aliphatic carbocycles. The highest BCUT2D eigenvalue weighted by atomic mass is 16.7. The average Bonchev–Trinajstić information content (AvgIpc) is 0.977. The molecule has 6 fully saturated rings. The number of hydrogen-bond donors (Lipinski definition) is 6. The minimum atomic E-state index is -0.818. The topological polar surface area (TPSA) is 474 Å². The van der Waals surface area contributed by atoms with Crippen molar-refractivity contribution in [2.45, 2.75) is 119 Å². The molecule has 6 N–H and O–H groups in total. The lowest BCUT2D eigenvalue weighted by Gasteiger charge is -2.18. The molecule has 6 aliphatic heterocycles. The average molecular weight is 1530 g/mol. The van der Waals surface area contributed by atoms with Crippen molar-refractivity contribution in [2.24, 2.45) is 0 Å². The molecule has 15 amide bonds. The third-order valence-electron chi connectivity index (χ3n) is 17.3. The number of hydroxylamine groups is 12. The lowest BCUT2D eigenvalue weighted by Crippen LogP contribution is -2.35. The predicted octanol–water partition coefficient (Wildman–Crippen LogP) is 3.21. The molecule has 6 saturated heterocycles. The van der Waals surface area contributed by atoms with Crippen molar-refractivity contribution < 1.29 is 116 Å². The molecule has 110 heavy (non-hydrogen) atoms. The summed E-state index contributed by atoms with van der Waals surface area (Å²) in [6.07, 6.45) is 1.13. The van der Waals surface area contributed by atoms with Gasteiger partial charge >= 0.3 is 17.9 Å². The van der Waals surface area contributed by atoms with Gasteiger partial charge in [0.25, 0.3) is 88.6 Å². The van der Waals surface area contributed by atoms with Crippen LogP contribution in [0.25, 0.3) is 21.7 Å². The highest BCUT2D eigenvalue weighted by Gasteiger charge is 2.36. The van der Waals surface area contributed by atoms with Gasteiger partial charge < -0.3 is 45.2 Å². The van der Waals surface area contributed by atoms with E-state index in [1.165, 1.54) is 42.5 Å². The van der Waals surface area contributed by atoms with Gasteiger partial charge in [0.2, 0.25) is 0 Å². The first-order valence-corrected chi connectivity index (χ1v) is 35.4. The quantitative estimate of drug-likeness (QED) is 0.0381. The number of pyridine rings is 1. The lowest BCUT2D eigenvalue weighted by atomic mass is 10.0. The van der Waals surface area contributed by atoms with Crippen LogP contribution in [0, 0.1) is 0 Å². The van der Waals surface area contributed by atoms with Crippen LogP contribution >= 0.6 is 0 Å². The molecule has 0 radical (unpaired) electrons. The summed E-state index contributed by atoms with van der Waals surface area (Å²) >= 11 is 0. The van der Waals surface area contributed by atoms with E-state index >= 15 is 0 Å². The van der Waals surface area contributed by atoms with Crippen molar-refractivity contribution >= 4 is 128 Å². The molecule has 7 heterocycles. The van der Waals surface area contributed by atoms with Crippen LogP contribution in [0.2, 0.25) is 0 Å². The number of nitrogens with one attached hydrogen (secondary N) is 3. The van der Waals surface area contributed by atoms with Gasteiger partial charge in [0.15, 0.2) is 0 Å². The number of rotatable bonds is 24. The van der Waals surface area contributed by atoms with E-state index in [1.807, 2.05) is 0 Å². The molecule has 11 rings (SSSR count). The first kappa shape index (κ1) is 86.9. The maximum atomic E-state index is 12.4. The fraction of sp³-hybridized carbons (Fsp3) is 0.411. The van der Waals surface area contributed by atoms with E-state index in [0.29, 0.717) is 56.9 Å². The summed E-state index contributed by atoms with van der Waals surface area (Å²) in [5.41, 5.74) is 2.30. The zero-order valence-corrected chi connectivity index (χ0v) is 61.5. The van der Waals surface area contributed by atoms with Crippen molar-refractivity contribution in [3.8, 4) is 0 Å². The fourth-order valence-electron chi connectivity index (χ4n) is 10.6. The zero-order chi connectivity index (χ0) is 80.9. The van der Waals surface area contributed by atoms with Crippen molar-refractivity contribution in [3.63, 3.8) is 0 Å². The summed E-state index contributed by atoms with van der Waals surface area (Å²) in [6, 6.07) is 23.7. The van der Waals surface area contributed by atoms with Gasteiger partial charge in [-0.05, 0) is 123 Å². The molecule has 37 heteroatoms. The van der Waals surface area contributed by atoms with Gasteiger partial charge in [-0.25, -0.2) is 19.4 Å². The first-order valence-electron chi connectivity index (χ1n) is 35.4. The Morgan fingerprint density at radius 3 is 0.909 bits per heavy atom. The van der Waals surface area contributed by atoms with E-state index in [2.05, 4.69) is 77.2 Å². The normalized spacial score (nSPS) is 15.3. The summed E-state index contributed by atoms with van der Waals surface area (Å²) in [4.78, 5) is 230. The van der Waals surface area contributed by atoms with Crippen LogP contribution in [0.5, 0.6) is 0 Å². The third kappa shape index (κ3) is 25.0. The fourth-order valence-corrected chi connectivity index (χ4v) is 10.6. The summed E-state index contributed by atoms with van der Waals surface area (Å²) in [6.45, 7) is 21.9. The molecule has 6 aliphatic rings. The van der Waals surface area contributed by atoms with E-state index in [-0.39, 0.29) is 132 Å². The third-order valence-corrected chi connectivity index (χ3v) is 17.3. The molecule has 0 unspecified atom stereocenters. The van der Waals surface area contributed by atoms with Gasteiger partial charge in [-0.2, -0.15) is 15.2 Å². The SMILES string of the molecule is CCN(CC)CCNC(=O)c1ccc(C(=O)ON2C(=O)CCC2=O)cc1.CCN(CC)CCNC(=O)c1ccc2cc(C(=O)ON3C(=O)CCC3=O)ccc2c1.CCN(CC)CCNC(=O)c1ccc2cc(C(=O)ON3C(=O)CCC3=O)ccc2n1.O=C1CCC(=O)N1O.O=C1CCC(=O)N1O.O=C1CCC(=O)N1O. The Hall–Kier alpha value is -12.0. The van der Waals surface area contributed by atoms with E-state index in [0.717, 1.165) is 69.7 Å². The van der Waals surface area contributed by atoms with Crippen LogP contribution in [0.3, 0.4) is 0 Å². The van der Waals surface area contributed by atoms with Gasteiger partial charge in [0, 0.05) is 133 Å². The monoisotopic (exact) mass is 1530 g/mol. The first-order chi connectivity index (χ1) is 52.4. The standard InChI is InChI=1S/C22H25N3O5.C21H24N4O5.C18H23N3O5.3C4H5NO3/c1-3-24(4-2)12-11-23-21(28)17-7-5-16-14-18(8-6-15(16)13-17)22(29)30-25-19(26)9-10-20(25)27;1-3-24(4-2)12-11-22-20(28)17-8-5-14-13-15(6-7-16(14)23-17)21(29)30-25-18(26)9-10-19(25)27;1-3-20(4-2)12-11-19-17(24)13-5-7-14(8-6-13)18(25)26-21-15(22)9-10-16(21)23;3*6-3-1-2-4(7)5(3)8/h5-8,13-14H,3-4,9-12H2,1-2H3,(H,23,28);5-8,13H,3-4,9-12H2,1-2H3,(H,22,28);5-8H,3-4,9-12H2,1-2H3,(H,19,24);3*8H,1-2H2. The van der Waals surface area contributed by atoms with Crippen LogP contribution in [0.4, 0.5) is 0 Å². The number of carbonyl (C=O) groups excluding carboxylic acids is 18. The lowest BCUT2D eigenvalue weighted by molar-refractivity contribution is -0.173. The minimum absolute atomic E-state index is 0.0352. The second kappa shape index (κ2) is 42.5. The zero-order valence-electron chi connectivity index (χ0n) is 61.5. The molecular weight excluding hydrogens is 1440 g/mol. The van der Waals surface area contributed by atoms with Gasteiger partial charge in [-0.15, -0.1) is 15.2 Å². The van der Waals surface area contributed by atoms with Crippen molar-refractivity contribution in [2.75, 3.05) is 78.5 Å². The van der Waals surface area contributed by atoms with Crippen LogP contribution in [0.1, 0.15) is 181 Å². The number of benzene rings is 4. The Labute approximate surface area is 629 Å². The number of amides is 15. The van der Waals surface area contributed by atoms with Crippen LogP contribution in [0.15, 0.2) is 91.0 Å². The van der Waals surface area contributed by atoms with Crippen molar-refractivity contribution in [1.29, 1.82) is 0 Å². The van der Waals surface area contributed by atoms with Gasteiger partial charge in [0.1, 0.15) is 5.69 Å². The molecule has 588 valence electrons. The Balaban J connectivity index is 0.000000223. The highest BCUT2D eigenvalue weighted by Crippen LogP contribution is 2.23. The molecule has 0 saturated carbocycles. The number of aromatic nitrogens is 1. The Morgan fingerprint density at radius 1 is 0.327 bits per heavy atom. The summed E-state index contributed by atoms with van der Waals surface area (Å²) in [5.74, 6) is -9.27. The summed E-state index contributed by atoms with van der Waals surface area (Å²) in [7, 11) is 0. The summed E-state index contributed by atoms with van der Waals surface area (Å²) in [5, 5.41) is 38.0. The van der Waals surface area contributed by atoms with Crippen LogP contribution in [-0.4, -0.2) is 251 Å². The number of imide groups is 6. The molecule has 1 aromatic heterocycles. The van der Waals surface area contributed by atoms with Crippen molar-refractivity contribution in [3.05, 3.63) is 125 Å². The van der Waals surface area contributed by atoms with E-state index in [1.54, 1.807) is 48.5 Å². The summed E-state index contributed by atoms with van der Waals surface area (Å²) < 4.78 is 0. The van der Waals surface area contributed by atoms with E-state index in [4.69, 9.17) is 30.1 Å². The smallest absolute Gasteiger partial charge is 0.351 e. The van der Waals surface area contributed by atoms with Gasteiger partial charge in [-0.1, -0.05) is 59.7 Å². The largest absolute Gasteiger partial charge is 0.363 e. The van der Waals surface area contributed by atoms with E-state index in [9.17, 15) is 86.3 Å². The van der Waals surface area contributed by atoms with Gasteiger partial charge in [-0.3, -0.25) is 87.5 Å². The second-order valence-corrected chi connectivity index (χ2v) is 24.5. The van der Waals surface area contributed by atoms with E-state index < -0.39 is 88.8 Å². The predicted molar refractivity (Wildman–Crippen MR) is 381 cm³/mol. The Bertz CT molecular complexity index is 3970. The molecular formula is C73H87N13O24. The molecule has 0 atom stereocenters. The Morgan fingerprint density at radius 2 is 0.582 bits per heavy atom. The Kier molecular flexibility index (Phi) is 33.6. The number of hydrogen-bond acceptors (Lipinski definition) is 28. The minimum Gasteiger partial charge on any atom is -0.351 e. The van der Waals surface area contributed by atoms with Gasteiger partial charge in [0.05, 0.1) is 22.2 Å². The second-order valence-electron chi connectivity index (χ2n) is 24.5. The molecule has 4 aromatic carbocycles.